The van der Waals surface area contributed by atoms with Gasteiger partial charge >= 0.3 is 0 Å². The molecule has 1 rings (SSSR count). The van der Waals surface area contributed by atoms with Crippen molar-refractivity contribution in [2.75, 3.05) is 12.4 Å². The molecule has 7 heteroatoms. The Kier molecular flexibility index (Phi) is 3.54. The van der Waals surface area contributed by atoms with E-state index in [0.29, 0.717) is 12.1 Å². The van der Waals surface area contributed by atoms with Gasteiger partial charge in [-0.1, -0.05) is 0 Å². The van der Waals surface area contributed by atoms with Crippen molar-refractivity contribution in [3.05, 3.63) is 18.2 Å². The summed E-state index contributed by atoms with van der Waals surface area (Å²) in [4.78, 5) is 10.0. The molecule has 0 spiro atoms. The molecule has 0 radical (unpaired) electrons. The molecule has 15 heavy (non-hydrogen) atoms. The van der Waals surface area contributed by atoms with Crippen LogP contribution in [0.2, 0.25) is 0 Å². The maximum Gasteiger partial charge on any atom is 0.264 e. The van der Waals surface area contributed by atoms with Crippen LogP contribution in [0.3, 0.4) is 0 Å². The molecule has 1 amide bonds. The molecule has 1 N–H and O–H groups in total. The SMILES string of the molecule is COc1cc(NC=O)ccc1S(=O)(=O)Cl. The van der Waals surface area contributed by atoms with Crippen molar-refractivity contribution < 1.29 is 17.9 Å². The first-order valence-corrected chi connectivity index (χ1v) is 6.13. The van der Waals surface area contributed by atoms with Crippen LogP contribution in [0.15, 0.2) is 23.1 Å². The summed E-state index contributed by atoms with van der Waals surface area (Å²) in [5.41, 5.74) is 0.422. The highest BCUT2D eigenvalue weighted by molar-refractivity contribution is 8.13. The Balaban J connectivity index is 3.27. The molecule has 82 valence electrons. The van der Waals surface area contributed by atoms with Crippen LogP contribution in [0.4, 0.5) is 5.69 Å². The molecule has 0 saturated carbocycles. The van der Waals surface area contributed by atoms with E-state index in [4.69, 9.17) is 15.4 Å². The second-order valence-corrected chi connectivity index (χ2v) is 5.10. The number of halogens is 1. The van der Waals surface area contributed by atoms with E-state index in [1.165, 1.54) is 25.3 Å². The van der Waals surface area contributed by atoms with E-state index < -0.39 is 9.05 Å². The highest BCUT2D eigenvalue weighted by atomic mass is 35.7. The Bertz CT molecular complexity index is 472. The molecule has 0 unspecified atom stereocenters. The highest BCUT2D eigenvalue weighted by Crippen LogP contribution is 2.29. The molecule has 0 heterocycles. The predicted molar refractivity (Wildman–Crippen MR) is 55.7 cm³/mol. The van der Waals surface area contributed by atoms with Crippen LogP contribution in [0.5, 0.6) is 5.75 Å². The van der Waals surface area contributed by atoms with E-state index in [0.717, 1.165) is 0 Å². The second-order valence-electron chi connectivity index (χ2n) is 2.57. The third-order valence-corrected chi connectivity index (χ3v) is 3.01. The molecular weight excluding hydrogens is 242 g/mol. The quantitative estimate of drug-likeness (QED) is 0.643. The summed E-state index contributed by atoms with van der Waals surface area (Å²) >= 11 is 0. The van der Waals surface area contributed by atoms with E-state index in [-0.39, 0.29) is 10.6 Å². The lowest BCUT2D eigenvalue weighted by atomic mass is 10.3. The van der Waals surface area contributed by atoms with E-state index >= 15 is 0 Å². The fraction of sp³-hybridized carbons (Fsp3) is 0.125. The van der Waals surface area contributed by atoms with Gasteiger partial charge < -0.3 is 10.1 Å². The summed E-state index contributed by atoms with van der Waals surface area (Å²) < 4.78 is 27.0. The van der Waals surface area contributed by atoms with E-state index in [1.807, 2.05) is 0 Å². The van der Waals surface area contributed by atoms with Crippen molar-refractivity contribution in [1.29, 1.82) is 0 Å². The number of nitrogens with one attached hydrogen (secondary N) is 1. The lowest BCUT2D eigenvalue weighted by Gasteiger charge is -2.07. The van der Waals surface area contributed by atoms with Crippen LogP contribution < -0.4 is 10.1 Å². The molecular formula is C8H8ClNO4S. The Labute approximate surface area is 91.4 Å². The van der Waals surface area contributed by atoms with Gasteiger partial charge in [0, 0.05) is 22.4 Å². The van der Waals surface area contributed by atoms with E-state index in [9.17, 15) is 13.2 Å². The number of ether oxygens (including phenoxy) is 1. The number of rotatable bonds is 4. The number of hydrogen-bond acceptors (Lipinski definition) is 4. The highest BCUT2D eigenvalue weighted by Gasteiger charge is 2.16. The standard InChI is InChI=1S/C8H8ClNO4S/c1-14-7-4-6(10-5-11)2-3-8(7)15(9,12)13/h2-5H,1H3,(H,10,11). The number of carbonyl (C=O) groups excluding carboxylic acids is 1. The maximum atomic E-state index is 11.1. The number of carbonyl (C=O) groups is 1. The van der Waals surface area contributed by atoms with Crippen molar-refractivity contribution in [2.45, 2.75) is 4.90 Å². The predicted octanol–water partition coefficient (Wildman–Crippen LogP) is 1.19. The number of anilines is 1. The van der Waals surface area contributed by atoms with Crippen molar-refractivity contribution in [3.8, 4) is 5.75 Å². The molecule has 0 bridgehead atoms. The first kappa shape index (κ1) is 11.8. The summed E-state index contributed by atoms with van der Waals surface area (Å²) in [6.07, 6.45) is 0.476. The molecule has 0 aliphatic rings. The lowest BCUT2D eigenvalue weighted by Crippen LogP contribution is -1.99. The zero-order chi connectivity index (χ0) is 11.5. The Morgan fingerprint density at radius 1 is 1.47 bits per heavy atom. The van der Waals surface area contributed by atoms with Crippen LogP contribution in [-0.4, -0.2) is 21.9 Å². The van der Waals surface area contributed by atoms with Crippen molar-refractivity contribution >= 4 is 31.8 Å². The zero-order valence-electron chi connectivity index (χ0n) is 7.73. The molecule has 0 saturated heterocycles. The normalized spacial score (nSPS) is 10.8. The van der Waals surface area contributed by atoms with Crippen molar-refractivity contribution in [2.24, 2.45) is 0 Å². The van der Waals surface area contributed by atoms with Crippen molar-refractivity contribution in [3.63, 3.8) is 0 Å². The Morgan fingerprint density at radius 2 is 2.13 bits per heavy atom. The van der Waals surface area contributed by atoms with Crippen LogP contribution in [0.1, 0.15) is 0 Å². The number of hydrogen-bond donors (Lipinski definition) is 1. The van der Waals surface area contributed by atoms with E-state index in [1.54, 1.807) is 0 Å². The largest absolute Gasteiger partial charge is 0.495 e. The van der Waals surface area contributed by atoms with Gasteiger partial charge in [0.1, 0.15) is 10.6 Å². The van der Waals surface area contributed by atoms with Gasteiger partial charge in [-0.25, -0.2) is 8.42 Å². The first-order valence-electron chi connectivity index (χ1n) is 3.82. The third-order valence-electron chi connectivity index (χ3n) is 1.65. The van der Waals surface area contributed by atoms with Gasteiger partial charge in [-0.3, -0.25) is 4.79 Å². The minimum atomic E-state index is -3.85. The second kappa shape index (κ2) is 4.50. The van der Waals surface area contributed by atoms with Gasteiger partial charge in [0.2, 0.25) is 6.41 Å². The van der Waals surface area contributed by atoms with Gasteiger partial charge in [-0.05, 0) is 12.1 Å². The van der Waals surface area contributed by atoms with Crippen LogP contribution in [-0.2, 0) is 13.8 Å². The number of benzene rings is 1. The molecule has 1 aromatic carbocycles. The van der Waals surface area contributed by atoms with Crippen LogP contribution in [0.25, 0.3) is 0 Å². The monoisotopic (exact) mass is 249 g/mol. The first-order chi connectivity index (χ1) is 6.99. The van der Waals surface area contributed by atoms with Gasteiger partial charge in [0.05, 0.1) is 7.11 Å². The van der Waals surface area contributed by atoms with Gasteiger partial charge in [-0.2, -0.15) is 0 Å². The fourth-order valence-corrected chi connectivity index (χ4v) is 2.02. The molecule has 0 fully saturated rings. The van der Waals surface area contributed by atoms with Crippen LogP contribution >= 0.6 is 10.7 Å². The van der Waals surface area contributed by atoms with Crippen molar-refractivity contribution in [1.82, 2.24) is 0 Å². The molecule has 0 aliphatic heterocycles. The summed E-state index contributed by atoms with van der Waals surface area (Å²) in [6.45, 7) is 0. The molecule has 5 nitrogen and oxygen atoms in total. The summed E-state index contributed by atoms with van der Waals surface area (Å²) in [5, 5.41) is 2.36. The minimum absolute atomic E-state index is 0.0804. The molecule has 0 aliphatic carbocycles. The topological polar surface area (TPSA) is 72.5 Å². The molecule has 1 aromatic rings. The Morgan fingerprint density at radius 3 is 2.60 bits per heavy atom. The van der Waals surface area contributed by atoms with E-state index in [2.05, 4.69) is 5.32 Å². The lowest BCUT2D eigenvalue weighted by molar-refractivity contribution is -0.105. The summed E-state index contributed by atoms with van der Waals surface area (Å²) in [7, 11) is 2.64. The van der Waals surface area contributed by atoms with Crippen LogP contribution in [0, 0.1) is 0 Å². The Hall–Kier alpha value is -1.27. The zero-order valence-corrected chi connectivity index (χ0v) is 9.30. The average Bonchev–Trinajstić information content (AvgIpc) is 2.16. The molecule has 0 aromatic heterocycles. The average molecular weight is 250 g/mol. The third kappa shape index (κ3) is 2.84. The molecule has 0 atom stereocenters. The number of methoxy groups -OCH3 is 1. The number of amides is 1. The van der Waals surface area contributed by atoms with Gasteiger partial charge in [0.15, 0.2) is 0 Å². The fourth-order valence-electron chi connectivity index (χ4n) is 1.03. The van der Waals surface area contributed by atoms with Gasteiger partial charge in [-0.15, -0.1) is 0 Å². The maximum absolute atomic E-state index is 11.1. The minimum Gasteiger partial charge on any atom is -0.495 e. The van der Waals surface area contributed by atoms with Gasteiger partial charge in [0.25, 0.3) is 9.05 Å². The smallest absolute Gasteiger partial charge is 0.264 e. The summed E-state index contributed by atoms with van der Waals surface area (Å²) in [6, 6.07) is 4.03. The summed E-state index contributed by atoms with van der Waals surface area (Å²) in [5.74, 6) is 0.0804.